The minimum atomic E-state index is -0.859. The molecule has 0 aliphatic carbocycles. The van der Waals surface area contributed by atoms with Crippen molar-refractivity contribution in [3.63, 3.8) is 0 Å². The third kappa shape index (κ3) is 3.95. The molecule has 0 heterocycles. The van der Waals surface area contributed by atoms with Crippen LogP contribution in [0.3, 0.4) is 0 Å². The summed E-state index contributed by atoms with van der Waals surface area (Å²) >= 11 is 0. The van der Waals surface area contributed by atoms with Crippen LogP contribution in [0.15, 0.2) is 12.3 Å². The van der Waals surface area contributed by atoms with Gasteiger partial charge >= 0.3 is 5.97 Å². The third-order valence-electron chi connectivity index (χ3n) is 1.16. The third-order valence-corrected chi connectivity index (χ3v) is 1.16. The molecule has 0 radical (unpaired) electrons. The van der Waals surface area contributed by atoms with Crippen LogP contribution in [0.4, 0.5) is 0 Å². The van der Waals surface area contributed by atoms with E-state index in [0.29, 0.717) is 5.92 Å². The zero-order valence-corrected chi connectivity index (χ0v) is 6.35. The van der Waals surface area contributed by atoms with Gasteiger partial charge in [0, 0.05) is 5.70 Å². The highest BCUT2D eigenvalue weighted by atomic mass is 16.4. The highest BCUT2D eigenvalue weighted by Gasteiger charge is 2.00. The minimum Gasteiger partial charge on any atom is -0.480 e. The van der Waals surface area contributed by atoms with E-state index in [-0.39, 0.29) is 6.54 Å². The number of carbonyl (C=O) groups is 1. The first-order chi connectivity index (χ1) is 4.54. The summed E-state index contributed by atoms with van der Waals surface area (Å²) in [5, 5.41) is 10.9. The second kappa shape index (κ2) is 3.93. The van der Waals surface area contributed by atoms with E-state index in [4.69, 9.17) is 5.11 Å². The van der Waals surface area contributed by atoms with E-state index in [1.807, 2.05) is 13.8 Å². The molecule has 0 aliphatic heterocycles. The fraction of sp³-hybridized carbons (Fsp3) is 0.571. The molecule has 0 spiro atoms. The summed E-state index contributed by atoms with van der Waals surface area (Å²) < 4.78 is 0. The summed E-state index contributed by atoms with van der Waals surface area (Å²) in [5.74, 6) is -0.568. The average Bonchev–Trinajstić information content (AvgIpc) is 1.82. The predicted molar refractivity (Wildman–Crippen MR) is 39.6 cm³/mol. The van der Waals surface area contributed by atoms with Crippen molar-refractivity contribution >= 4 is 5.97 Å². The standard InChI is InChI=1S/C7H13NO2/c1-5(2)6(3)8-4-7(9)10/h5,8H,3-4H2,1-2H3,(H,9,10). The van der Waals surface area contributed by atoms with Crippen molar-refractivity contribution in [3.8, 4) is 0 Å². The monoisotopic (exact) mass is 143 g/mol. The first kappa shape index (κ1) is 9.01. The van der Waals surface area contributed by atoms with Crippen molar-refractivity contribution in [3.05, 3.63) is 12.3 Å². The van der Waals surface area contributed by atoms with Gasteiger partial charge < -0.3 is 10.4 Å². The highest BCUT2D eigenvalue weighted by Crippen LogP contribution is 2.00. The number of allylic oxidation sites excluding steroid dienone is 1. The predicted octanol–water partition coefficient (Wildman–Crippen LogP) is 0.830. The quantitative estimate of drug-likeness (QED) is 0.612. The number of carboxylic acids is 1. The summed E-state index contributed by atoms with van der Waals surface area (Å²) in [6, 6.07) is 0. The summed E-state index contributed by atoms with van der Waals surface area (Å²) in [5.41, 5.74) is 0.766. The molecule has 0 aliphatic rings. The molecule has 0 atom stereocenters. The first-order valence-electron chi connectivity index (χ1n) is 3.18. The van der Waals surface area contributed by atoms with E-state index >= 15 is 0 Å². The molecule has 0 bridgehead atoms. The summed E-state index contributed by atoms with van der Waals surface area (Å²) in [4.78, 5) is 10.0. The van der Waals surface area contributed by atoms with Gasteiger partial charge in [0.25, 0.3) is 0 Å². The van der Waals surface area contributed by atoms with Crippen LogP contribution in [0.1, 0.15) is 13.8 Å². The van der Waals surface area contributed by atoms with E-state index in [1.54, 1.807) is 0 Å². The molecule has 0 aromatic carbocycles. The van der Waals surface area contributed by atoms with E-state index in [9.17, 15) is 4.79 Å². The number of aliphatic carboxylic acids is 1. The van der Waals surface area contributed by atoms with Crippen LogP contribution in [-0.2, 0) is 4.79 Å². The molecule has 0 saturated carbocycles. The number of carboxylic acid groups (broad SMARTS) is 1. The number of hydrogen-bond donors (Lipinski definition) is 2. The Hall–Kier alpha value is -0.990. The molecule has 0 amide bonds. The Labute approximate surface area is 60.7 Å². The molecule has 0 fully saturated rings. The Bertz CT molecular complexity index is 141. The summed E-state index contributed by atoms with van der Waals surface area (Å²) in [6.07, 6.45) is 0. The molecule has 3 heteroatoms. The van der Waals surface area contributed by atoms with Crippen LogP contribution < -0.4 is 5.32 Å². The van der Waals surface area contributed by atoms with Crippen LogP contribution in [-0.4, -0.2) is 17.6 Å². The molecular formula is C7H13NO2. The maximum atomic E-state index is 10.0. The lowest BCUT2D eigenvalue weighted by Crippen LogP contribution is -2.23. The van der Waals surface area contributed by atoms with Gasteiger partial charge in [-0.05, 0) is 5.92 Å². The number of nitrogens with one attached hydrogen (secondary N) is 1. The fourth-order valence-corrected chi connectivity index (χ4v) is 0.393. The zero-order valence-electron chi connectivity index (χ0n) is 6.35. The molecule has 58 valence electrons. The van der Waals surface area contributed by atoms with Crippen molar-refractivity contribution in [2.24, 2.45) is 5.92 Å². The van der Waals surface area contributed by atoms with Crippen LogP contribution in [0.5, 0.6) is 0 Å². The lowest BCUT2D eigenvalue weighted by atomic mass is 10.1. The van der Waals surface area contributed by atoms with Gasteiger partial charge in [-0.2, -0.15) is 0 Å². The largest absolute Gasteiger partial charge is 0.480 e. The molecule has 0 saturated heterocycles. The number of hydrogen-bond acceptors (Lipinski definition) is 2. The topological polar surface area (TPSA) is 49.3 Å². The van der Waals surface area contributed by atoms with E-state index in [1.165, 1.54) is 0 Å². The van der Waals surface area contributed by atoms with E-state index < -0.39 is 5.97 Å². The molecule has 2 N–H and O–H groups in total. The lowest BCUT2D eigenvalue weighted by Gasteiger charge is -2.09. The van der Waals surface area contributed by atoms with Gasteiger partial charge in [0.2, 0.25) is 0 Å². The second-order valence-electron chi connectivity index (χ2n) is 2.43. The van der Waals surface area contributed by atoms with Crippen molar-refractivity contribution in [2.45, 2.75) is 13.8 Å². The fourth-order valence-electron chi connectivity index (χ4n) is 0.393. The van der Waals surface area contributed by atoms with Crippen LogP contribution >= 0.6 is 0 Å². The Morgan fingerprint density at radius 1 is 1.70 bits per heavy atom. The van der Waals surface area contributed by atoms with Crippen molar-refractivity contribution < 1.29 is 9.90 Å². The Morgan fingerprint density at radius 2 is 2.20 bits per heavy atom. The van der Waals surface area contributed by atoms with E-state index in [2.05, 4.69) is 11.9 Å². The van der Waals surface area contributed by atoms with E-state index in [0.717, 1.165) is 5.70 Å². The minimum absolute atomic E-state index is 0.0446. The molecule has 0 unspecified atom stereocenters. The number of rotatable bonds is 4. The molecule has 10 heavy (non-hydrogen) atoms. The Morgan fingerprint density at radius 3 is 2.50 bits per heavy atom. The Kier molecular flexibility index (Phi) is 3.54. The van der Waals surface area contributed by atoms with Gasteiger partial charge in [-0.15, -0.1) is 0 Å². The molecule has 0 rings (SSSR count). The summed E-state index contributed by atoms with van der Waals surface area (Å²) in [6.45, 7) is 7.52. The Balaban J connectivity index is 3.50. The molecule has 0 aromatic rings. The molecule has 3 nitrogen and oxygen atoms in total. The van der Waals surface area contributed by atoms with Crippen LogP contribution in [0.25, 0.3) is 0 Å². The zero-order chi connectivity index (χ0) is 8.15. The van der Waals surface area contributed by atoms with Gasteiger partial charge in [-0.1, -0.05) is 20.4 Å². The molecular weight excluding hydrogens is 130 g/mol. The smallest absolute Gasteiger partial charge is 0.322 e. The van der Waals surface area contributed by atoms with Crippen molar-refractivity contribution in [2.75, 3.05) is 6.54 Å². The summed E-state index contributed by atoms with van der Waals surface area (Å²) in [7, 11) is 0. The SMILES string of the molecule is C=C(NCC(=O)O)C(C)C. The van der Waals surface area contributed by atoms with Crippen molar-refractivity contribution in [1.82, 2.24) is 5.32 Å². The second-order valence-corrected chi connectivity index (χ2v) is 2.43. The van der Waals surface area contributed by atoms with Crippen molar-refractivity contribution in [1.29, 1.82) is 0 Å². The highest BCUT2D eigenvalue weighted by molar-refractivity contribution is 5.69. The normalized spacial score (nSPS) is 9.50. The maximum absolute atomic E-state index is 10.0. The average molecular weight is 143 g/mol. The first-order valence-corrected chi connectivity index (χ1v) is 3.18. The molecule has 0 aromatic heterocycles. The van der Waals surface area contributed by atoms with Crippen LogP contribution in [0, 0.1) is 5.92 Å². The van der Waals surface area contributed by atoms with Gasteiger partial charge in [0.1, 0.15) is 6.54 Å². The van der Waals surface area contributed by atoms with Gasteiger partial charge in [0.05, 0.1) is 0 Å². The maximum Gasteiger partial charge on any atom is 0.322 e. The lowest BCUT2D eigenvalue weighted by molar-refractivity contribution is -0.135. The van der Waals surface area contributed by atoms with Gasteiger partial charge in [-0.3, -0.25) is 4.79 Å². The van der Waals surface area contributed by atoms with Crippen LogP contribution in [0.2, 0.25) is 0 Å². The van der Waals surface area contributed by atoms with Gasteiger partial charge in [0.15, 0.2) is 0 Å². The van der Waals surface area contributed by atoms with Gasteiger partial charge in [-0.25, -0.2) is 0 Å².